The van der Waals surface area contributed by atoms with Crippen molar-refractivity contribution in [2.45, 2.75) is 0 Å². The number of aromatic amines is 1. The monoisotopic (exact) mass is 195 g/mol. The van der Waals surface area contributed by atoms with Crippen LogP contribution in [0.5, 0.6) is 5.75 Å². The van der Waals surface area contributed by atoms with Gasteiger partial charge >= 0.3 is 0 Å². The van der Waals surface area contributed by atoms with Gasteiger partial charge in [0.15, 0.2) is 6.29 Å². The Labute approximate surface area is 76.5 Å². The fourth-order valence-electron chi connectivity index (χ4n) is 1.13. The lowest BCUT2D eigenvalue weighted by Crippen LogP contribution is -2.11. The van der Waals surface area contributed by atoms with Gasteiger partial charge in [-0.2, -0.15) is 0 Å². The lowest BCUT2D eigenvalue weighted by molar-refractivity contribution is 0.112. The van der Waals surface area contributed by atoms with E-state index in [0.717, 1.165) is 0 Å². The number of aromatic nitrogens is 1. The van der Waals surface area contributed by atoms with Gasteiger partial charge in [0, 0.05) is 10.8 Å². The summed E-state index contributed by atoms with van der Waals surface area (Å²) in [5.74, 6) is -0.241. The molecule has 0 bridgehead atoms. The third kappa shape index (κ3) is 1.05. The molecule has 0 radical (unpaired) electrons. The molecule has 4 nitrogen and oxygen atoms in total. The minimum absolute atomic E-state index is 0.217. The van der Waals surface area contributed by atoms with E-state index in [-0.39, 0.29) is 11.3 Å². The number of carbonyl (C=O) groups excluding carboxylic acids is 1. The van der Waals surface area contributed by atoms with Crippen molar-refractivity contribution >= 4 is 28.5 Å². The first-order chi connectivity index (χ1) is 6.24. The summed E-state index contributed by atoms with van der Waals surface area (Å²) in [6.07, 6.45) is 0.352. The summed E-state index contributed by atoms with van der Waals surface area (Å²) in [5.41, 5.74) is -0.220. The van der Waals surface area contributed by atoms with Crippen LogP contribution in [0.25, 0.3) is 10.9 Å². The molecule has 66 valence electrons. The Balaban J connectivity index is 3.01. The third-order valence-corrected chi connectivity index (χ3v) is 2.53. The van der Waals surface area contributed by atoms with Gasteiger partial charge in [-0.25, -0.2) is 0 Å². The van der Waals surface area contributed by atoms with Crippen LogP contribution >= 0.6 is 11.3 Å². The molecule has 2 rings (SSSR count). The average Bonchev–Trinajstić information content (AvgIpc) is 2.53. The zero-order valence-electron chi connectivity index (χ0n) is 6.40. The van der Waals surface area contributed by atoms with Crippen LogP contribution in [0, 0.1) is 0 Å². The average molecular weight is 195 g/mol. The standard InChI is InChI=1S/C8H5NO3S/c10-1-4-7(11)5-2-13-3-6(5)9-8(4)12/h1-3,11H,(H,9,12). The molecule has 2 heterocycles. The van der Waals surface area contributed by atoms with Gasteiger partial charge in [0.2, 0.25) is 0 Å². The quantitative estimate of drug-likeness (QED) is 0.669. The number of nitrogens with one attached hydrogen (secondary N) is 1. The summed E-state index contributed by atoms with van der Waals surface area (Å²) < 4.78 is 0. The fourth-order valence-corrected chi connectivity index (χ4v) is 1.89. The molecule has 0 saturated carbocycles. The first kappa shape index (κ1) is 8.00. The Kier molecular flexibility index (Phi) is 1.66. The molecule has 0 spiro atoms. The molecule has 0 aromatic carbocycles. The molecular formula is C8H5NO3S. The number of thiophene rings is 1. The second-order valence-corrected chi connectivity index (χ2v) is 3.28. The van der Waals surface area contributed by atoms with E-state index < -0.39 is 5.56 Å². The highest BCUT2D eigenvalue weighted by atomic mass is 32.1. The van der Waals surface area contributed by atoms with Crippen LogP contribution in [0.4, 0.5) is 0 Å². The number of H-pyrrole nitrogens is 1. The van der Waals surface area contributed by atoms with Crippen LogP contribution < -0.4 is 5.56 Å². The smallest absolute Gasteiger partial charge is 0.262 e. The van der Waals surface area contributed by atoms with Crippen molar-refractivity contribution in [2.24, 2.45) is 0 Å². The summed E-state index contributed by atoms with van der Waals surface area (Å²) >= 11 is 1.35. The highest BCUT2D eigenvalue weighted by Gasteiger charge is 2.10. The molecule has 5 heteroatoms. The Hall–Kier alpha value is -1.62. The number of carbonyl (C=O) groups is 1. The van der Waals surface area contributed by atoms with Gasteiger partial charge in [0.25, 0.3) is 5.56 Å². The zero-order chi connectivity index (χ0) is 9.42. The molecule has 0 aliphatic heterocycles. The molecule has 2 aromatic heterocycles. The number of fused-ring (bicyclic) bond motifs is 1. The maximum absolute atomic E-state index is 11.1. The van der Waals surface area contributed by atoms with Crippen LogP contribution in [-0.4, -0.2) is 16.4 Å². The SMILES string of the molecule is O=Cc1c(O)c2cscc2[nH]c1=O. The van der Waals surface area contributed by atoms with Gasteiger partial charge in [-0.15, -0.1) is 11.3 Å². The van der Waals surface area contributed by atoms with Crippen molar-refractivity contribution in [3.8, 4) is 5.75 Å². The number of hydrogen-bond acceptors (Lipinski definition) is 4. The Bertz CT molecular complexity index is 526. The number of pyridine rings is 1. The molecule has 13 heavy (non-hydrogen) atoms. The number of aromatic hydroxyl groups is 1. The van der Waals surface area contributed by atoms with Crippen LogP contribution in [0.1, 0.15) is 10.4 Å². The normalized spacial score (nSPS) is 10.5. The summed E-state index contributed by atoms with van der Waals surface area (Å²) in [6.45, 7) is 0. The van der Waals surface area contributed by atoms with Crippen LogP contribution in [-0.2, 0) is 0 Å². The molecule has 2 N–H and O–H groups in total. The number of hydrogen-bond donors (Lipinski definition) is 2. The molecule has 2 aromatic rings. The van der Waals surface area contributed by atoms with E-state index in [1.807, 2.05) is 0 Å². The largest absolute Gasteiger partial charge is 0.506 e. The Morgan fingerprint density at radius 2 is 2.23 bits per heavy atom. The van der Waals surface area contributed by atoms with Crippen molar-refractivity contribution in [1.29, 1.82) is 0 Å². The summed E-state index contributed by atoms with van der Waals surface area (Å²) in [5, 5.41) is 13.4. The van der Waals surface area contributed by atoms with Crippen molar-refractivity contribution in [2.75, 3.05) is 0 Å². The molecule has 0 atom stereocenters. The Morgan fingerprint density at radius 3 is 2.92 bits per heavy atom. The van der Waals surface area contributed by atoms with E-state index >= 15 is 0 Å². The lowest BCUT2D eigenvalue weighted by atomic mass is 10.2. The van der Waals surface area contributed by atoms with Crippen LogP contribution in [0.3, 0.4) is 0 Å². The summed E-state index contributed by atoms with van der Waals surface area (Å²) in [6, 6.07) is 0. The van der Waals surface area contributed by atoms with E-state index in [1.54, 1.807) is 10.8 Å². The molecule has 0 unspecified atom stereocenters. The van der Waals surface area contributed by atoms with Gasteiger partial charge in [0.05, 0.1) is 10.9 Å². The molecule has 0 amide bonds. The first-order valence-corrected chi connectivity index (χ1v) is 4.44. The van der Waals surface area contributed by atoms with Gasteiger partial charge in [0.1, 0.15) is 11.3 Å². The minimum atomic E-state index is -0.557. The van der Waals surface area contributed by atoms with Crippen molar-refractivity contribution in [3.05, 3.63) is 26.7 Å². The van der Waals surface area contributed by atoms with Gasteiger partial charge in [-0.05, 0) is 0 Å². The van der Waals surface area contributed by atoms with Crippen molar-refractivity contribution < 1.29 is 9.90 Å². The number of aldehydes is 1. The predicted molar refractivity (Wildman–Crippen MR) is 49.5 cm³/mol. The van der Waals surface area contributed by atoms with E-state index in [4.69, 9.17) is 0 Å². The van der Waals surface area contributed by atoms with E-state index in [0.29, 0.717) is 17.2 Å². The highest BCUT2D eigenvalue weighted by molar-refractivity contribution is 7.09. The Morgan fingerprint density at radius 1 is 1.46 bits per heavy atom. The highest BCUT2D eigenvalue weighted by Crippen LogP contribution is 2.26. The summed E-state index contributed by atoms with van der Waals surface area (Å²) in [4.78, 5) is 24.1. The molecule has 0 saturated heterocycles. The molecule has 0 fully saturated rings. The number of rotatable bonds is 1. The van der Waals surface area contributed by atoms with Crippen LogP contribution in [0.15, 0.2) is 15.6 Å². The molecular weight excluding hydrogens is 190 g/mol. The maximum Gasteiger partial charge on any atom is 0.262 e. The topological polar surface area (TPSA) is 70.2 Å². The fraction of sp³-hybridized carbons (Fsp3) is 0. The second-order valence-electron chi connectivity index (χ2n) is 2.53. The molecule has 0 aliphatic rings. The minimum Gasteiger partial charge on any atom is -0.506 e. The maximum atomic E-state index is 11.1. The van der Waals surface area contributed by atoms with Gasteiger partial charge in [-0.1, -0.05) is 0 Å². The zero-order valence-corrected chi connectivity index (χ0v) is 7.22. The lowest BCUT2D eigenvalue weighted by Gasteiger charge is -1.96. The molecule has 0 aliphatic carbocycles. The van der Waals surface area contributed by atoms with Gasteiger partial charge in [-0.3, -0.25) is 9.59 Å². The first-order valence-electron chi connectivity index (χ1n) is 3.50. The van der Waals surface area contributed by atoms with Crippen molar-refractivity contribution in [3.63, 3.8) is 0 Å². The van der Waals surface area contributed by atoms with E-state index in [1.165, 1.54) is 11.3 Å². The van der Waals surface area contributed by atoms with Crippen molar-refractivity contribution in [1.82, 2.24) is 4.98 Å². The third-order valence-electron chi connectivity index (χ3n) is 1.78. The van der Waals surface area contributed by atoms with E-state index in [2.05, 4.69) is 4.98 Å². The predicted octanol–water partition coefficient (Wildman–Crippen LogP) is 1.11. The van der Waals surface area contributed by atoms with Crippen LogP contribution in [0.2, 0.25) is 0 Å². The second kappa shape index (κ2) is 2.70. The summed E-state index contributed by atoms with van der Waals surface area (Å²) in [7, 11) is 0. The van der Waals surface area contributed by atoms with Gasteiger partial charge < -0.3 is 10.1 Å². The van der Waals surface area contributed by atoms with E-state index in [9.17, 15) is 14.7 Å².